The average Bonchev–Trinajstić information content (AvgIpc) is 3.00. The highest BCUT2D eigenvalue weighted by Crippen LogP contribution is 2.39. The minimum absolute atomic E-state index is 0.111. The molecule has 1 N–H and O–H groups in total. The zero-order valence-corrected chi connectivity index (χ0v) is 14.3. The van der Waals surface area contributed by atoms with Gasteiger partial charge in [-0.3, -0.25) is 0 Å². The molecule has 1 heterocycles. The van der Waals surface area contributed by atoms with E-state index < -0.39 is 34.4 Å². The van der Waals surface area contributed by atoms with E-state index in [0.717, 1.165) is 0 Å². The minimum atomic E-state index is -4.73. The van der Waals surface area contributed by atoms with Crippen molar-refractivity contribution in [1.82, 2.24) is 15.0 Å². The highest BCUT2D eigenvalue weighted by molar-refractivity contribution is 6.32. The molecule has 27 heavy (non-hydrogen) atoms. The normalized spacial score (nSPS) is 13.4. The number of ether oxygens (including phenoxy) is 1. The first-order chi connectivity index (χ1) is 12.7. The van der Waals surface area contributed by atoms with Crippen molar-refractivity contribution < 1.29 is 27.5 Å². The second-order valence-corrected chi connectivity index (χ2v) is 5.97. The van der Waals surface area contributed by atoms with Crippen LogP contribution in [0.3, 0.4) is 0 Å². The lowest BCUT2D eigenvalue weighted by atomic mass is 10.2. The molecule has 0 spiro atoms. The molecule has 0 aliphatic rings. The Morgan fingerprint density at radius 3 is 2.67 bits per heavy atom. The Labute approximate surface area is 154 Å². The van der Waals surface area contributed by atoms with Crippen LogP contribution in [0, 0.1) is 5.82 Å². The molecular weight excluding hydrogens is 392 g/mol. The maximum Gasteiger partial charge on any atom is 0.416 e. The Morgan fingerprint density at radius 2 is 2.04 bits per heavy atom. The Kier molecular flexibility index (Phi) is 4.92. The van der Waals surface area contributed by atoms with Gasteiger partial charge in [0.1, 0.15) is 11.3 Å². The predicted molar refractivity (Wildman–Crippen MR) is 89.0 cm³/mol. The molecule has 11 heteroatoms. The Bertz CT molecular complexity index is 996. The smallest absolute Gasteiger partial charge is 0.416 e. The van der Waals surface area contributed by atoms with Crippen LogP contribution in [0.1, 0.15) is 18.5 Å². The van der Waals surface area contributed by atoms with E-state index in [1.165, 1.54) is 29.1 Å². The Balaban J connectivity index is 1.99. The third kappa shape index (κ3) is 3.80. The molecule has 0 fully saturated rings. The number of aromatic nitrogens is 3. The van der Waals surface area contributed by atoms with E-state index in [1.807, 2.05) is 0 Å². The van der Waals surface area contributed by atoms with Gasteiger partial charge in [0.2, 0.25) is 0 Å². The number of nitrogens with zero attached hydrogens (tertiary/aromatic N) is 4. The molecule has 1 aromatic heterocycles. The Hall–Kier alpha value is -2.88. The summed E-state index contributed by atoms with van der Waals surface area (Å²) in [7, 11) is 0. The number of halogens is 5. The molecular formula is C16H11ClF4N4O2. The van der Waals surface area contributed by atoms with Crippen LogP contribution in [0.2, 0.25) is 5.02 Å². The lowest BCUT2D eigenvalue weighted by Crippen LogP contribution is -2.08. The fourth-order valence-corrected chi connectivity index (χ4v) is 2.63. The summed E-state index contributed by atoms with van der Waals surface area (Å²) in [6.07, 6.45) is -3.52. The number of oxime groups is 1. The summed E-state index contributed by atoms with van der Waals surface area (Å²) in [6, 6.07) is 4.90. The van der Waals surface area contributed by atoms with E-state index in [4.69, 9.17) is 21.5 Å². The van der Waals surface area contributed by atoms with Gasteiger partial charge >= 0.3 is 6.18 Å². The van der Waals surface area contributed by atoms with E-state index >= 15 is 0 Å². The average molecular weight is 403 g/mol. The number of hydrogen-bond acceptors (Lipinski definition) is 5. The van der Waals surface area contributed by atoms with Gasteiger partial charge in [0.25, 0.3) is 0 Å². The second-order valence-electron chi connectivity index (χ2n) is 5.56. The molecule has 142 valence electrons. The third-order valence-electron chi connectivity index (χ3n) is 3.66. The van der Waals surface area contributed by atoms with Crippen LogP contribution in [0.15, 0.2) is 35.5 Å². The lowest BCUT2D eigenvalue weighted by molar-refractivity contribution is -0.137. The number of hydrogen-bond donors (Lipinski definition) is 1. The molecule has 1 unspecified atom stereocenters. The number of fused-ring (bicyclic) bond motifs is 1. The first-order valence-electron chi connectivity index (χ1n) is 7.47. The van der Waals surface area contributed by atoms with Crippen LogP contribution in [-0.2, 0) is 6.18 Å². The van der Waals surface area contributed by atoms with Crippen LogP contribution in [0.5, 0.6) is 11.5 Å². The van der Waals surface area contributed by atoms with Gasteiger partial charge in [0.15, 0.2) is 11.6 Å². The van der Waals surface area contributed by atoms with Crippen LogP contribution in [0.25, 0.3) is 11.0 Å². The minimum Gasteiger partial charge on any atom is -0.453 e. The summed E-state index contributed by atoms with van der Waals surface area (Å²) in [5.74, 6) is -1.67. The molecule has 0 aliphatic carbocycles. The van der Waals surface area contributed by atoms with E-state index in [2.05, 4.69) is 15.5 Å². The van der Waals surface area contributed by atoms with Gasteiger partial charge in [-0.05, 0) is 31.2 Å². The standard InChI is InChI=1S/C16H11ClF4N4O2/c1-8(7-22-26)25-14-6-10(2-3-13(14)23-24-25)27-15-11(17)4-9(5-12(15)18)16(19,20)21/h2-8,26H,1H3. The van der Waals surface area contributed by atoms with Crippen LogP contribution in [-0.4, -0.2) is 26.4 Å². The molecule has 0 amide bonds. The zero-order valence-electron chi connectivity index (χ0n) is 13.6. The molecule has 0 radical (unpaired) electrons. The second kappa shape index (κ2) is 7.03. The van der Waals surface area contributed by atoms with Crippen molar-refractivity contribution in [3.8, 4) is 11.5 Å². The SMILES string of the molecule is CC(C=NO)n1nnc2ccc(Oc3c(F)cc(C(F)(F)F)cc3Cl)cc21. The molecule has 3 rings (SSSR count). The van der Waals surface area contributed by atoms with Crippen LogP contribution >= 0.6 is 11.6 Å². The summed E-state index contributed by atoms with van der Waals surface area (Å²) in [5, 5.41) is 18.9. The van der Waals surface area contributed by atoms with E-state index in [-0.39, 0.29) is 5.75 Å². The summed E-state index contributed by atoms with van der Waals surface area (Å²) < 4.78 is 59.0. The van der Waals surface area contributed by atoms with Crippen molar-refractivity contribution in [2.75, 3.05) is 0 Å². The molecule has 0 aliphatic heterocycles. The van der Waals surface area contributed by atoms with Crippen molar-refractivity contribution in [3.05, 3.63) is 46.7 Å². The van der Waals surface area contributed by atoms with Crippen LogP contribution in [0.4, 0.5) is 17.6 Å². The topological polar surface area (TPSA) is 72.5 Å². The lowest BCUT2D eigenvalue weighted by Gasteiger charge is -2.13. The highest BCUT2D eigenvalue weighted by atomic mass is 35.5. The summed E-state index contributed by atoms with van der Waals surface area (Å²) in [4.78, 5) is 0. The maximum atomic E-state index is 14.1. The van der Waals surface area contributed by atoms with Crippen LogP contribution < -0.4 is 4.74 Å². The van der Waals surface area contributed by atoms with Gasteiger partial charge in [0, 0.05) is 6.07 Å². The van der Waals surface area contributed by atoms with Gasteiger partial charge in [-0.1, -0.05) is 22.0 Å². The van der Waals surface area contributed by atoms with Gasteiger partial charge in [-0.2, -0.15) is 13.2 Å². The van der Waals surface area contributed by atoms with Crippen molar-refractivity contribution in [2.24, 2.45) is 5.16 Å². The van der Waals surface area contributed by atoms with E-state index in [1.54, 1.807) is 6.92 Å². The first kappa shape index (κ1) is 18.9. The van der Waals surface area contributed by atoms with E-state index in [9.17, 15) is 17.6 Å². The molecule has 0 bridgehead atoms. The Morgan fingerprint density at radius 1 is 1.30 bits per heavy atom. The van der Waals surface area contributed by atoms with Crippen molar-refractivity contribution in [3.63, 3.8) is 0 Å². The zero-order chi connectivity index (χ0) is 19.8. The number of benzene rings is 2. The third-order valence-corrected chi connectivity index (χ3v) is 3.94. The molecule has 0 saturated heterocycles. The maximum absolute atomic E-state index is 14.1. The molecule has 2 aromatic carbocycles. The molecule has 3 aromatic rings. The van der Waals surface area contributed by atoms with E-state index in [0.29, 0.717) is 23.2 Å². The fraction of sp³-hybridized carbons (Fsp3) is 0.188. The predicted octanol–water partition coefficient (Wildman–Crippen LogP) is 5.06. The summed E-state index contributed by atoms with van der Waals surface area (Å²) >= 11 is 5.77. The van der Waals surface area contributed by atoms with Crippen molar-refractivity contribution in [2.45, 2.75) is 19.1 Å². The van der Waals surface area contributed by atoms with Crippen molar-refractivity contribution in [1.29, 1.82) is 0 Å². The molecule has 0 saturated carbocycles. The van der Waals surface area contributed by atoms with Crippen molar-refractivity contribution >= 4 is 28.8 Å². The monoisotopic (exact) mass is 402 g/mol. The van der Waals surface area contributed by atoms with Gasteiger partial charge in [-0.25, -0.2) is 9.07 Å². The van der Waals surface area contributed by atoms with Gasteiger partial charge in [-0.15, -0.1) is 5.10 Å². The fourth-order valence-electron chi connectivity index (χ4n) is 2.38. The number of rotatable bonds is 4. The quantitative estimate of drug-likeness (QED) is 0.287. The van der Waals surface area contributed by atoms with Gasteiger partial charge in [0.05, 0.1) is 28.4 Å². The summed E-state index contributed by atoms with van der Waals surface area (Å²) in [6.45, 7) is 1.69. The molecule has 6 nitrogen and oxygen atoms in total. The summed E-state index contributed by atoms with van der Waals surface area (Å²) in [5.41, 5.74) is -0.255. The highest BCUT2D eigenvalue weighted by Gasteiger charge is 2.32. The largest absolute Gasteiger partial charge is 0.453 e. The number of alkyl halides is 3. The molecule has 1 atom stereocenters. The first-order valence-corrected chi connectivity index (χ1v) is 7.85. The van der Waals surface area contributed by atoms with Gasteiger partial charge < -0.3 is 9.94 Å².